The Kier molecular flexibility index (Phi) is 4.14. The Morgan fingerprint density at radius 1 is 1.19 bits per heavy atom. The number of pyridine rings is 1. The van der Waals surface area contributed by atoms with Gasteiger partial charge < -0.3 is 5.43 Å². The number of rotatable bonds is 3. The molecular formula is C14H22N4O2S. The zero-order valence-electron chi connectivity index (χ0n) is 12.0. The molecule has 2 heterocycles. The van der Waals surface area contributed by atoms with Crippen molar-refractivity contribution in [2.24, 2.45) is 17.7 Å². The van der Waals surface area contributed by atoms with E-state index in [9.17, 15) is 8.42 Å². The third-order valence-electron chi connectivity index (χ3n) is 4.78. The van der Waals surface area contributed by atoms with Crippen LogP contribution in [0.25, 0.3) is 0 Å². The van der Waals surface area contributed by atoms with Gasteiger partial charge in [-0.1, -0.05) is 19.3 Å². The van der Waals surface area contributed by atoms with Crippen LogP contribution in [0.1, 0.15) is 32.1 Å². The molecular weight excluding hydrogens is 288 g/mol. The fourth-order valence-electron chi connectivity index (χ4n) is 3.55. The molecule has 1 aliphatic heterocycles. The van der Waals surface area contributed by atoms with Crippen LogP contribution >= 0.6 is 0 Å². The molecule has 21 heavy (non-hydrogen) atoms. The summed E-state index contributed by atoms with van der Waals surface area (Å²) in [6.07, 6.45) is 7.30. The number of piperidine rings is 1. The molecule has 0 spiro atoms. The summed E-state index contributed by atoms with van der Waals surface area (Å²) in [4.78, 5) is 4.24. The van der Waals surface area contributed by atoms with Gasteiger partial charge in [0.1, 0.15) is 10.7 Å². The third kappa shape index (κ3) is 2.90. The molecule has 2 fully saturated rings. The number of hydrogen-bond acceptors (Lipinski definition) is 5. The van der Waals surface area contributed by atoms with Crippen molar-refractivity contribution in [2.45, 2.75) is 37.0 Å². The minimum atomic E-state index is -3.44. The van der Waals surface area contributed by atoms with Crippen LogP contribution in [0, 0.1) is 11.8 Å². The average Bonchev–Trinajstić information content (AvgIpc) is 2.54. The predicted octanol–water partition coefficient (Wildman–Crippen LogP) is 1.57. The summed E-state index contributed by atoms with van der Waals surface area (Å²) < 4.78 is 27.0. The number of fused-ring (bicyclic) bond motifs is 1. The number of nitrogens with zero attached hydrogens (tertiary/aromatic N) is 2. The van der Waals surface area contributed by atoms with Gasteiger partial charge >= 0.3 is 0 Å². The second-order valence-electron chi connectivity index (χ2n) is 5.98. The van der Waals surface area contributed by atoms with Crippen LogP contribution in [-0.4, -0.2) is 30.8 Å². The van der Waals surface area contributed by atoms with E-state index in [4.69, 9.17) is 5.84 Å². The fraction of sp³-hybridized carbons (Fsp3) is 0.643. The van der Waals surface area contributed by atoms with Gasteiger partial charge in [-0.3, -0.25) is 0 Å². The van der Waals surface area contributed by atoms with Crippen molar-refractivity contribution in [3.63, 3.8) is 0 Å². The highest BCUT2D eigenvalue weighted by atomic mass is 32.2. The predicted molar refractivity (Wildman–Crippen MR) is 80.9 cm³/mol. The Bertz CT molecular complexity index is 587. The topological polar surface area (TPSA) is 88.3 Å². The minimum Gasteiger partial charge on any atom is -0.308 e. The second-order valence-corrected chi connectivity index (χ2v) is 7.92. The van der Waals surface area contributed by atoms with Gasteiger partial charge in [-0.25, -0.2) is 19.2 Å². The van der Waals surface area contributed by atoms with Crippen LogP contribution < -0.4 is 11.3 Å². The van der Waals surface area contributed by atoms with Crippen LogP contribution in [0.15, 0.2) is 23.2 Å². The molecule has 1 aliphatic carbocycles. The normalized spacial score (nSPS) is 27.1. The lowest BCUT2D eigenvalue weighted by Crippen LogP contribution is -2.44. The zero-order chi connectivity index (χ0) is 14.9. The number of nitrogens with one attached hydrogen (secondary N) is 1. The Hall–Kier alpha value is -1.18. The first kappa shape index (κ1) is 14.7. The van der Waals surface area contributed by atoms with E-state index in [1.165, 1.54) is 25.5 Å². The first-order valence-corrected chi connectivity index (χ1v) is 8.98. The SMILES string of the molecule is NNc1ccc(S(=O)(=O)N2CCC3CCCCC3C2)cn1. The number of hydrogen-bond donors (Lipinski definition) is 2. The van der Waals surface area contributed by atoms with E-state index < -0.39 is 10.0 Å². The lowest BCUT2D eigenvalue weighted by Gasteiger charge is -2.40. The zero-order valence-corrected chi connectivity index (χ0v) is 12.8. The van der Waals surface area contributed by atoms with E-state index in [2.05, 4.69) is 10.4 Å². The molecule has 2 atom stereocenters. The van der Waals surface area contributed by atoms with Crippen LogP contribution in [0.5, 0.6) is 0 Å². The highest BCUT2D eigenvalue weighted by molar-refractivity contribution is 7.89. The van der Waals surface area contributed by atoms with Gasteiger partial charge in [-0.05, 0) is 36.8 Å². The number of sulfonamides is 1. The van der Waals surface area contributed by atoms with Gasteiger partial charge in [0, 0.05) is 19.3 Å². The molecule has 1 saturated carbocycles. The lowest BCUT2D eigenvalue weighted by molar-refractivity contribution is 0.136. The molecule has 116 valence electrons. The summed E-state index contributed by atoms with van der Waals surface area (Å²) in [5.74, 6) is 6.95. The number of aromatic nitrogens is 1. The largest absolute Gasteiger partial charge is 0.308 e. The van der Waals surface area contributed by atoms with E-state index >= 15 is 0 Å². The highest BCUT2D eigenvalue weighted by Crippen LogP contribution is 2.37. The molecule has 0 aromatic carbocycles. The third-order valence-corrected chi connectivity index (χ3v) is 6.62. The molecule has 0 bridgehead atoms. The fourth-order valence-corrected chi connectivity index (χ4v) is 5.01. The molecule has 1 saturated heterocycles. The van der Waals surface area contributed by atoms with Crippen molar-refractivity contribution >= 4 is 15.8 Å². The molecule has 3 N–H and O–H groups in total. The minimum absolute atomic E-state index is 0.246. The van der Waals surface area contributed by atoms with Crippen molar-refractivity contribution in [1.82, 2.24) is 9.29 Å². The van der Waals surface area contributed by atoms with Gasteiger partial charge in [-0.15, -0.1) is 0 Å². The monoisotopic (exact) mass is 310 g/mol. The van der Waals surface area contributed by atoms with Gasteiger partial charge in [-0.2, -0.15) is 4.31 Å². The van der Waals surface area contributed by atoms with E-state index in [0.29, 0.717) is 30.7 Å². The van der Waals surface area contributed by atoms with Gasteiger partial charge in [0.2, 0.25) is 10.0 Å². The van der Waals surface area contributed by atoms with Gasteiger partial charge in [0.25, 0.3) is 0 Å². The maximum absolute atomic E-state index is 12.7. The summed E-state index contributed by atoms with van der Waals surface area (Å²) in [5, 5.41) is 0. The van der Waals surface area contributed by atoms with Crippen LogP contribution in [-0.2, 0) is 10.0 Å². The van der Waals surface area contributed by atoms with E-state index in [1.54, 1.807) is 16.4 Å². The van der Waals surface area contributed by atoms with E-state index in [0.717, 1.165) is 12.8 Å². The highest BCUT2D eigenvalue weighted by Gasteiger charge is 2.36. The van der Waals surface area contributed by atoms with Crippen molar-refractivity contribution in [3.05, 3.63) is 18.3 Å². The summed E-state index contributed by atoms with van der Waals surface area (Å²) in [5.41, 5.74) is 2.40. The molecule has 0 amide bonds. The molecule has 1 aromatic rings. The summed E-state index contributed by atoms with van der Waals surface area (Å²) >= 11 is 0. The Morgan fingerprint density at radius 2 is 1.95 bits per heavy atom. The Labute approximate surface area is 125 Å². The first-order valence-electron chi connectivity index (χ1n) is 7.54. The summed E-state index contributed by atoms with van der Waals surface area (Å²) in [6, 6.07) is 3.14. The first-order chi connectivity index (χ1) is 10.1. The quantitative estimate of drug-likeness (QED) is 0.653. The summed E-state index contributed by atoms with van der Waals surface area (Å²) in [6.45, 7) is 1.28. The molecule has 1 aromatic heterocycles. The number of anilines is 1. The summed E-state index contributed by atoms with van der Waals surface area (Å²) in [7, 11) is -3.44. The van der Waals surface area contributed by atoms with Crippen LogP contribution in [0.4, 0.5) is 5.82 Å². The van der Waals surface area contributed by atoms with Crippen molar-refractivity contribution < 1.29 is 8.42 Å². The molecule has 3 rings (SSSR count). The van der Waals surface area contributed by atoms with Crippen molar-refractivity contribution in [3.8, 4) is 0 Å². The van der Waals surface area contributed by atoms with Crippen LogP contribution in [0.3, 0.4) is 0 Å². The standard InChI is InChI=1S/C14H22N4O2S/c15-17-14-6-5-13(9-16-14)21(19,20)18-8-7-11-3-1-2-4-12(11)10-18/h5-6,9,11-12H,1-4,7-8,10,15H2,(H,16,17). The number of nitrogens with two attached hydrogens (primary N) is 1. The number of hydrazine groups is 1. The van der Waals surface area contributed by atoms with E-state index in [-0.39, 0.29) is 4.90 Å². The van der Waals surface area contributed by atoms with Crippen LogP contribution in [0.2, 0.25) is 0 Å². The molecule has 0 radical (unpaired) electrons. The maximum Gasteiger partial charge on any atom is 0.244 e. The maximum atomic E-state index is 12.7. The second kappa shape index (κ2) is 5.90. The smallest absolute Gasteiger partial charge is 0.244 e. The lowest BCUT2D eigenvalue weighted by atomic mass is 9.76. The Balaban J connectivity index is 1.78. The van der Waals surface area contributed by atoms with E-state index in [1.807, 2.05) is 0 Å². The van der Waals surface area contributed by atoms with Gasteiger partial charge in [0.15, 0.2) is 0 Å². The molecule has 6 nitrogen and oxygen atoms in total. The Morgan fingerprint density at radius 3 is 2.62 bits per heavy atom. The van der Waals surface area contributed by atoms with Crippen molar-refractivity contribution in [2.75, 3.05) is 18.5 Å². The van der Waals surface area contributed by atoms with Gasteiger partial charge in [0.05, 0.1) is 0 Å². The molecule has 2 aliphatic rings. The number of nitrogen functional groups attached to an aromatic ring is 1. The average molecular weight is 310 g/mol. The van der Waals surface area contributed by atoms with Crippen molar-refractivity contribution in [1.29, 1.82) is 0 Å². The molecule has 7 heteroatoms. The molecule has 2 unspecified atom stereocenters.